The Hall–Kier alpha value is -1.79. The van der Waals surface area contributed by atoms with Crippen LogP contribution in [0.5, 0.6) is 0 Å². The number of rotatable bonds is 7. The number of hydrogen-bond acceptors (Lipinski definition) is 5. The lowest BCUT2D eigenvalue weighted by molar-refractivity contribution is -0.163. The van der Waals surface area contributed by atoms with Crippen molar-refractivity contribution in [3.63, 3.8) is 0 Å². The summed E-state index contributed by atoms with van der Waals surface area (Å²) < 4.78 is 9.90. The Morgan fingerprint density at radius 3 is 2.09 bits per heavy atom. The van der Waals surface area contributed by atoms with E-state index in [0.29, 0.717) is 6.42 Å². The summed E-state index contributed by atoms with van der Waals surface area (Å²) >= 11 is 0. The van der Waals surface area contributed by atoms with Gasteiger partial charge in [0.05, 0.1) is 6.61 Å². The number of esters is 1. The fraction of sp³-hybridized carbons (Fsp3) is 0.800. The van der Waals surface area contributed by atoms with Crippen LogP contribution in [0.2, 0.25) is 0 Å². The van der Waals surface area contributed by atoms with Gasteiger partial charge in [0.15, 0.2) is 0 Å². The third-order valence-corrected chi connectivity index (χ3v) is 2.80. The number of nitrogens with one attached hydrogen (secondary N) is 1. The summed E-state index contributed by atoms with van der Waals surface area (Å²) in [6.07, 6.45) is -0.606. The average molecular weight is 317 g/mol. The number of amides is 1. The Bertz CT molecular complexity index is 413. The van der Waals surface area contributed by atoms with Gasteiger partial charge in [0, 0.05) is 0 Å². The second kappa shape index (κ2) is 8.00. The molecule has 7 heteroatoms. The van der Waals surface area contributed by atoms with Crippen molar-refractivity contribution in [1.29, 1.82) is 0 Å². The fourth-order valence-electron chi connectivity index (χ4n) is 1.70. The molecule has 22 heavy (non-hydrogen) atoms. The summed E-state index contributed by atoms with van der Waals surface area (Å²) in [6, 6.07) is 0. The Morgan fingerprint density at radius 1 is 1.18 bits per heavy atom. The zero-order valence-corrected chi connectivity index (χ0v) is 14.2. The highest BCUT2D eigenvalue weighted by atomic mass is 16.6. The van der Waals surface area contributed by atoms with Crippen LogP contribution in [0.3, 0.4) is 0 Å². The third-order valence-electron chi connectivity index (χ3n) is 2.80. The largest absolute Gasteiger partial charge is 0.479 e. The van der Waals surface area contributed by atoms with Gasteiger partial charge in [-0.05, 0) is 46.5 Å². The number of carboxylic acid groups (broad SMARTS) is 1. The SMILES string of the molecule is CCOC(=O)C(CCC(C)C)(NC(=O)OC(C)(C)C)C(=O)O. The van der Waals surface area contributed by atoms with E-state index < -0.39 is 29.2 Å². The summed E-state index contributed by atoms with van der Waals surface area (Å²) in [5.74, 6) is -2.29. The van der Waals surface area contributed by atoms with Gasteiger partial charge in [-0.3, -0.25) is 5.32 Å². The summed E-state index contributed by atoms with van der Waals surface area (Å²) in [7, 11) is 0. The minimum atomic E-state index is -2.14. The molecule has 128 valence electrons. The maximum atomic E-state index is 12.1. The molecule has 0 saturated carbocycles. The molecule has 0 radical (unpaired) electrons. The number of carboxylic acids is 1. The highest BCUT2D eigenvalue weighted by molar-refractivity contribution is 6.06. The molecule has 0 saturated heterocycles. The predicted octanol–water partition coefficient (Wildman–Crippen LogP) is 2.33. The number of ether oxygens (including phenoxy) is 2. The Morgan fingerprint density at radius 2 is 1.73 bits per heavy atom. The van der Waals surface area contributed by atoms with E-state index in [1.807, 2.05) is 13.8 Å². The molecule has 0 aliphatic carbocycles. The maximum Gasteiger partial charge on any atom is 0.409 e. The molecule has 0 aromatic carbocycles. The van der Waals surface area contributed by atoms with Gasteiger partial charge in [0.25, 0.3) is 0 Å². The molecule has 1 atom stereocenters. The van der Waals surface area contributed by atoms with Gasteiger partial charge in [-0.2, -0.15) is 0 Å². The highest BCUT2D eigenvalue weighted by Gasteiger charge is 2.49. The molecule has 0 aliphatic heterocycles. The molecule has 1 unspecified atom stereocenters. The van der Waals surface area contributed by atoms with Gasteiger partial charge < -0.3 is 14.6 Å². The zero-order chi connectivity index (χ0) is 17.6. The quantitative estimate of drug-likeness (QED) is 0.552. The minimum absolute atomic E-state index is 0.0194. The molecule has 0 aliphatic rings. The van der Waals surface area contributed by atoms with E-state index >= 15 is 0 Å². The minimum Gasteiger partial charge on any atom is -0.479 e. The number of carbonyl (C=O) groups is 3. The lowest BCUT2D eigenvalue weighted by Gasteiger charge is -2.30. The standard InChI is InChI=1S/C15H27NO6/c1-7-21-12(19)15(11(17)18,9-8-10(2)3)16-13(20)22-14(4,5)6/h10H,7-9H2,1-6H3,(H,16,20)(H,17,18). The Kier molecular flexibility index (Phi) is 7.35. The van der Waals surface area contributed by atoms with Crippen LogP contribution in [-0.4, -0.2) is 40.9 Å². The molecule has 1 amide bonds. The summed E-state index contributed by atoms with van der Waals surface area (Å²) in [6.45, 7) is 10.3. The molecular formula is C15H27NO6. The lowest BCUT2D eigenvalue weighted by atomic mass is 9.90. The molecule has 0 spiro atoms. The number of alkyl carbamates (subject to hydrolysis) is 1. The van der Waals surface area contributed by atoms with Gasteiger partial charge >= 0.3 is 18.0 Å². The molecule has 0 fully saturated rings. The van der Waals surface area contributed by atoms with Gasteiger partial charge in [0.2, 0.25) is 5.54 Å². The van der Waals surface area contributed by atoms with Crippen molar-refractivity contribution in [2.24, 2.45) is 5.92 Å². The third kappa shape index (κ3) is 6.32. The van der Waals surface area contributed by atoms with Crippen LogP contribution in [0, 0.1) is 5.92 Å². The number of carbonyl (C=O) groups excluding carboxylic acids is 2. The Labute approximate surface area is 131 Å². The second-order valence-electron chi connectivity index (χ2n) is 6.49. The zero-order valence-electron chi connectivity index (χ0n) is 14.2. The Balaban J connectivity index is 5.39. The first kappa shape index (κ1) is 20.2. The van der Waals surface area contributed by atoms with Crippen molar-refractivity contribution >= 4 is 18.0 Å². The molecule has 0 aromatic rings. The fourth-order valence-corrected chi connectivity index (χ4v) is 1.70. The van der Waals surface area contributed by atoms with Crippen molar-refractivity contribution < 1.29 is 29.0 Å². The van der Waals surface area contributed by atoms with E-state index in [2.05, 4.69) is 5.32 Å². The van der Waals surface area contributed by atoms with E-state index in [0.717, 1.165) is 0 Å². The predicted molar refractivity (Wildman–Crippen MR) is 80.4 cm³/mol. The van der Waals surface area contributed by atoms with Gasteiger partial charge in [0.1, 0.15) is 5.60 Å². The molecule has 0 bridgehead atoms. The number of aliphatic carboxylic acids is 1. The molecule has 7 nitrogen and oxygen atoms in total. The molecule has 0 heterocycles. The normalized spacial score (nSPS) is 14.1. The van der Waals surface area contributed by atoms with Crippen LogP contribution in [-0.2, 0) is 19.1 Å². The summed E-state index contributed by atoms with van der Waals surface area (Å²) in [4.78, 5) is 35.8. The van der Waals surface area contributed by atoms with E-state index in [1.165, 1.54) is 0 Å². The van der Waals surface area contributed by atoms with Gasteiger partial charge in [-0.15, -0.1) is 0 Å². The van der Waals surface area contributed by atoms with Crippen molar-refractivity contribution in [3.8, 4) is 0 Å². The molecule has 0 aromatic heterocycles. The first-order valence-corrected chi connectivity index (χ1v) is 7.36. The van der Waals surface area contributed by atoms with Crippen LogP contribution >= 0.6 is 0 Å². The first-order valence-electron chi connectivity index (χ1n) is 7.36. The van der Waals surface area contributed by atoms with Crippen molar-refractivity contribution in [3.05, 3.63) is 0 Å². The van der Waals surface area contributed by atoms with Crippen molar-refractivity contribution in [1.82, 2.24) is 5.32 Å². The summed E-state index contributed by atoms with van der Waals surface area (Å²) in [5.41, 5.74) is -2.94. The lowest BCUT2D eigenvalue weighted by Crippen LogP contribution is -2.61. The van der Waals surface area contributed by atoms with E-state index in [9.17, 15) is 19.5 Å². The maximum absolute atomic E-state index is 12.1. The van der Waals surface area contributed by atoms with E-state index in [-0.39, 0.29) is 18.9 Å². The van der Waals surface area contributed by atoms with E-state index in [1.54, 1.807) is 27.7 Å². The van der Waals surface area contributed by atoms with E-state index in [4.69, 9.17) is 9.47 Å². The topological polar surface area (TPSA) is 102 Å². The van der Waals surface area contributed by atoms with Crippen LogP contribution in [0.25, 0.3) is 0 Å². The van der Waals surface area contributed by atoms with Crippen molar-refractivity contribution in [2.75, 3.05) is 6.61 Å². The average Bonchev–Trinajstić information content (AvgIpc) is 2.31. The van der Waals surface area contributed by atoms with Crippen molar-refractivity contribution in [2.45, 2.75) is 65.5 Å². The second-order valence-corrected chi connectivity index (χ2v) is 6.49. The smallest absolute Gasteiger partial charge is 0.409 e. The van der Waals surface area contributed by atoms with Crippen LogP contribution in [0.4, 0.5) is 4.79 Å². The molecular weight excluding hydrogens is 290 g/mol. The van der Waals surface area contributed by atoms with Crippen LogP contribution in [0.15, 0.2) is 0 Å². The molecule has 0 rings (SSSR count). The van der Waals surface area contributed by atoms with Crippen LogP contribution in [0.1, 0.15) is 54.4 Å². The van der Waals surface area contributed by atoms with Crippen LogP contribution < -0.4 is 5.32 Å². The monoisotopic (exact) mass is 317 g/mol. The summed E-state index contributed by atoms with van der Waals surface area (Å²) in [5, 5.41) is 11.7. The van der Waals surface area contributed by atoms with Gasteiger partial charge in [-0.25, -0.2) is 14.4 Å². The van der Waals surface area contributed by atoms with Gasteiger partial charge in [-0.1, -0.05) is 13.8 Å². The first-order chi connectivity index (χ1) is 9.94. The highest BCUT2D eigenvalue weighted by Crippen LogP contribution is 2.21. The molecule has 2 N–H and O–H groups in total. The number of hydrogen-bond donors (Lipinski definition) is 2.